The van der Waals surface area contributed by atoms with Crippen molar-refractivity contribution in [3.8, 4) is 0 Å². The third-order valence-electron chi connectivity index (χ3n) is 1.87. The van der Waals surface area contributed by atoms with Gasteiger partial charge < -0.3 is 0 Å². The van der Waals surface area contributed by atoms with Crippen LogP contribution in [0.3, 0.4) is 0 Å². The minimum Gasteiger partial charge on any atom is -0.247 e. The minimum atomic E-state index is -2.27. The van der Waals surface area contributed by atoms with E-state index in [1.165, 1.54) is 4.90 Å². The average molecular weight is 179 g/mol. The Morgan fingerprint density at radius 2 is 1.42 bits per heavy atom. The van der Waals surface area contributed by atoms with E-state index in [-0.39, 0.29) is 0 Å². The van der Waals surface area contributed by atoms with Gasteiger partial charge in [0.15, 0.2) is 0 Å². The molecule has 0 heterocycles. The monoisotopic (exact) mass is 179 g/mol. The van der Waals surface area contributed by atoms with E-state index in [0.717, 1.165) is 25.7 Å². The third kappa shape index (κ3) is 5.47. The number of hydrogen-bond donors (Lipinski definition) is 0. The van der Waals surface area contributed by atoms with Gasteiger partial charge in [-0.15, -0.1) is 0 Å². The average Bonchev–Trinajstić information content (AvgIpc) is 2.04. The highest BCUT2D eigenvalue weighted by Crippen LogP contribution is 2.06. The van der Waals surface area contributed by atoms with E-state index in [4.69, 9.17) is 0 Å². The van der Waals surface area contributed by atoms with Crippen molar-refractivity contribution in [2.75, 3.05) is 13.1 Å². The quantitative estimate of drug-likeness (QED) is 0.543. The van der Waals surface area contributed by atoms with E-state index in [1.54, 1.807) is 0 Å². The Morgan fingerprint density at radius 3 is 1.67 bits per heavy atom. The summed E-state index contributed by atoms with van der Waals surface area (Å²) in [5, 5.41) is 0. The van der Waals surface area contributed by atoms with Crippen LogP contribution in [0, 0.1) is 0 Å². The third-order valence-corrected chi connectivity index (χ3v) is 1.87. The van der Waals surface area contributed by atoms with Crippen LogP contribution in [0.5, 0.6) is 0 Å². The van der Waals surface area contributed by atoms with Crippen molar-refractivity contribution >= 4 is 0 Å². The molecule has 0 saturated heterocycles. The second-order valence-corrected chi connectivity index (χ2v) is 3.02. The van der Waals surface area contributed by atoms with Crippen molar-refractivity contribution in [2.24, 2.45) is 0 Å². The largest absolute Gasteiger partial charge is 0.294 e. The van der Waals surface area contributed by atoms with E-state index in [1.807, 2.05) is 13.8 Å². The molecule has 0 aliphatic carbocycles. The van der Waals surface area contributed by atoms with Crippen molar-refractivity contribution in [3.63, 3.8) is 0 Å². The van der Waals surface area contributed by atoms with Gasteiger partial charge in [-0.25, -0.2) is 4.90 Å². The van der Waals surface area contributed by atoms with Gasteiger partial charge in [0.1, 0.15) is 0 Å². The predicted molar refractivity (Wildman–Crippen MR) is 47.4 cm³/mol. The summed E-state index contributed by atoms with van der Waals surface area (Å²) < 4.78 is 24.5. The molecule has 1 nitrogen and oxygen atoms in total. The van der Waals surface area contributed by atoms with Crippen molar-refractivity contribution in [3.05, 3.63) is 0 Å². The van der Waals surface area contributed by atoms with Crippen LogP contribution < -0.4 is 0 Å². The molecule has 0 aromatic carbocycles. The summed E-state index contributed by atoms with van der Waals surface area (Å²) in [7, 11) is 0. The number of alkyl halides is 2. The van der Waals surface area contributed by atoms with Crippen LogP contribution in [-0.2, 0) is 0 Å². The fourth-order valence-corrected chi connectivity index (χ4v) is 1.03. The molecule has 0 unspecified atom stereocenters. The number of unbranched alkanes of at least 4 members (excludes halogenated alkanes) is 2. The molecule has 0 radical (unpaired) electrons. The summed E-state index contributed by atoms with van der Waals surface area (Å²) >= 11 is 0. The molecule has 12 heavy (non-hydrogen) atoms. The molecule has 0 aliphatic rings. The molecular formula is C9H19F2N. The van der Waals surface area contributed by atoms with Crippen LogP contribution in [0.2, 0.25) is 0 Å². The molecule has 0 saturated carbocycles. The van der Waals surface area contributed by atoms with E-state index in [2.05, 4.69) is 0 Å². The van der Waals surface area contributed by atoms with Gasteiger partial charge in [-0.05, 0) is 12.8 Å². The summed E-state index contributed by atoms with van der Waals surface area (Å²) in [5.74, 6) is 0. The maximum absolute atomic E-state index is 12.3. The van der Waals surface area contributed by atoms with E-state index >= 15 is 0 Å². The van der Waals surface area contributed by atoms with Gasteiger partial charge in [0.05, 0.1) is 0 Å². The number of hydrogen-bond acceptors (Lipinski definition) is 1. The molecule has 0 atom stereocenters. The molecule has 74 valence electrons. The van der Waals surface area contributed by atoms with Crippen molar-refractivity contribution in [1.82, 2.24) is 4.90 Å². The Labute approximate surface area is 73.7 Å². The van der Waals surface area contributed by atoms with Crippen LogP contribution in [0.25, 0.3) is 0 Å². The van der Waals surface area contributed by atoms with Crippen LogP contribution in [-0.4, -0.2) is 24.5 Å². The molecule has 0 aromatic rings. The Morgan fingerprint density at radius 1 is 1.00 bits per heavy atom. The van der Waals surface area contributed by atoms with E-state index < -0.39 is 6.55 Å². The Bertz CT molecular complexity index is 88.5. The molecule has 0 fully saturated rings. The smallest absolute Gasteiger partial charge is 0.247 e. The molecular weight excluding hydrogens is 160 g/mol. The van der Waals surface area contributed by atoms with Gasteiger partial charge in [0.2, 0.25) is 0 Å². The summed E-state index contributed by atoms with van der Waals surface area (Å²) in [5.41, 5.74) is 0. The molecule has 0 bridgehead atoms. The first kappa shape index (κ1) is 11.8. The lowest BCUT2D eigenvalue weighted by Crippen LogP contribution is -2.30. The number of rotatable bonds is 7. The SMILES string of the molecule is CCCCN(CCCC)C(F)F. The molecule has 0 aromatic heterocycles. The van der Waals surface area contributed by atoms with Gasteiger partial charge in [-0.3, -0.25) is 0 Å². The second kappa shape index (κ2) is 7.47. The number of halogens is 2. The Hall–Kier alpha value is -0.180. The maximum atomic E-state index is 12.3. The molecule has 3 heteroatoms. The summed E-state index contributed by atoms with van der Waals surface area (Å²) in [6.07, 6.45) is 3.70. The maximum Gasteiger partial charge on any atom is 0.294 e. The van der Waals surface area contributed by atoms with Gasteiger partial charge >= 0.3 is 0 Å². The number of nitrogens with zero attached hydrogens (tertiary/aromatic N) is 1. The van der Waals surface area contributed by atoms with E-state index in [9.17, 15) is 8.78 Å². The standard InChI is InChI=1S/C9H19F2N/c1-3-5-7-12(9(10)11)8-6-4-2/h9H,3-8H2,1-2H3. The van der Waals surface area contributed by atoms with Crippen molar-refractivity contribution < 1.29 is 8.78 Å². The van der Waals surface area contributed by atoms with Crippen LogP contribution in [0.15, 0.2) is 0 Å². The van der Waals surface area contributed by atoms with E-state index in [0.29, 0.717) is 13.1 Å². The molecule has 0 rings (SSSR count). The lowest BCUT2D eigenvalue weighted by Gasteiger charge is -2.20. The highest BCUT2D eigenvalue weighted by molar-refractivity contribution is 4.54. The zero-order chi connectivity index (χ0) is 9.40. The van der Waals surface area contributed by atoms with Gasteiger partial charge in [-0.1, -0.05) is 26.7 Å². The zero-order valence-corrected chi connectivity index (χ0v) is 8.02. The van der Waals surface area contributed by atoms with Crippen LogP contribution in [0.1, 0.15) is 39.5 Å². The van der Waals surface area contributed by atoms with Crippen molar-refractivity contribution in [2.45, 2.75) is 46.1 Å². The first-order valence-electron chi connectivity index (χ1n) is 4.74. The lowest BCUT2D eigenvalue weighted by molar-refractivity contribution is -0.0281. The summed E-state index contributed by atoms with van der Waals surface area (Å²) in [4.78, 5) is 1.26. The van der Waals surface area contributed by atoms with Gasteiger partial charge in [0.25, 0.3) is 6.55 Å². The van der Waals surface area contributed by atoms with Crippen LogP contribution in [0.4, 0.5) is 8.78 Å². The predicted octanol–water partition coefficient (Wildman–Crippen LogP) is 3.11. The fraction of sp³-hybridized carbons (Fsp3) is 1.00. The highest BCUT2D eigenvalue weighted by atomic mass is 19.3. The molecule has 0 amide bonds. The minimum absolute atomic E-state index is 0.536. The van der Waals surface area contributed by atoms with Gasteiger partial charge in [-0.2, -0.15) is 8.78 Å². The highest BCUT2D eigenvalue weighted by Gasteiger charge is 2.13. The first-order valence-corrected chi connectivity index (χ1v) is 4.74. The van der Waals surface area contributed by atoms with Crippen molar-refractivity contribution in [1.29, 1.82) is 0 Å². The normalized spacial score (nSPS) is 11.5. The molecule has 0 N–H and O–H groups in total. The first-order chi connectivity index (χ1) is 5.72. The Kier molecular flexibility index (Phi) is 7.36. The Balaban J connectivity index is 3.55. The molecule has 0 aliphatic heterocycles. The summed E-state index contributed by atoms with van der Waals surface area (Å²) in [6, 6.07) is 0. The van der Waals surface area contributed by atoms with Gasteiger partial charge in [0, 0.05) is 13.1 Å². The lowest BCUT2D eigenvalue weighted by atomic mass is 10.3. The topological polar surface area (TPSA) is 3.24 Å². The van der Waals surface area contributed by atoms with Crippen LogP contribution >= 0.6 is 0 Å². The summed E-state index contributed by atoms with van der Waals surface area (Å²) in [6.45, 7) is 2.83. The molecule has 0 spiro atoms. The second-order valence-electron chi connectivity index (χ2n) is 3.02. The zero-order valence-electron chi connectivity index (χ0n) is 8.02. The fourth-order valence-electron chi connectivity index (χ4n) is 1.03.